The highest BCUT2D eigenvalue weighted by Gasteiger charge is 2.30. The molecular formula is C27H36ClN3O5. The fraction of sp³-hybridized carbons (Fsp3) is 0.444. The first kappa shape index (κ1) is 29.1. The lowest BCUT2D eigenvalue weighted by atomic mass is 9.98. The molecule has 196 valence electrons. The van der Waals surface area contributed by atoms with Gasteiger partial charge >= 0.3 is 5.97 Å². The van der Waals surface area contributed by atoms with Crippen LogP contribution in [0.15, 0.2) is 48.5 Å². The summed E-state index contributed by atoms with van der Waals surface area (Å²) in [6.07, 6.45) is 0.731. The molecule has 0 spiro atoms. The van der Waals surface area contributed by atoms with E-state index in [9.17, 15) is 19.5 Å². The minimum Gasteiger partial charge on any atom is -0.491 e. The van der Waals surface area contributed by atoms with Crippen molar-refractivity contribution in [2.45, 2.75) is 58.7 Å². The Kier molecular flexibility index (Phi) is 11.2. The number of carbonyl (C=O) groups excluding carboxylic acids is 2. The number of amides is 2. The Labute approximate surface area is 217 Å². The highest BCUT2D eigenvalue weighted by Crippen LogP contribution is 2.24. The van der Waals surface area contributed by atoms with Gasteiger partial charge in [0, 0.05) is 17.5 Å². The van der Waals surface area contributed by atoms with E-state index in [-0.39, 0.29) is 42.2 Å². The molecule has 0 heterocycles. The number of aliphatic carboxylic acids is 1. The minimum absolute atomic E-state index is 0.154. The highest BCUT2D eigenvalue weighted by molar-refractivity contribution is 6.31. The van der Waals surface area contributed by atoms with Crippen LogP contribution in [0.2, 0.25) is 5.02 Å². The summed E-state index contributed by atoms with van der Waals surface area (Å²) in [5.74, 6) is -2.12. The lowest BCUT2D eigenvalue weighted by Gasteiger charge is -2.25. The van der Waals surface area contributed by atoms with E-state index in [1.165, 1.54) is 6.07 Å². The Bertz CT molecular complexity index is 1030. The molecule has 8 nitrogen and oxygen atoms in total. The first-order valence-electron chi connectivity index (χ1n) is 12.1. The molecule has 2 aromatic carbocycles. The van der Waals surface area contributed by atoms with Crippen molar-refractivity contribution in [3.8, 4) is 5.75 Å². The van der Waals surface area contributed by atoms with Crippen LogP contribution in [0.1, 0.15) is 50.0 Å². The molecule has 2 aromatic rings. The second kappa shape index (κ2) is 13.8. The van der Waals surface area contributed by atoms with Crippen LogP contribution in [0.3, 0.4) is 0 Å². The van der Waals surface area contributed by atoms with Gasteiger partial charge in [-0.15, -0.1) is 0 Å². The van der Waals surface area contributed by atoms with Crippen molar-refractivity contribution in [3.63, 3.8) is 0 Å². The SMILES string of the molecule is CC[C@H](C)[C@H](NC(=O)[C@H](Cc1ccccc1)NC(=O)c1cc(Cl)ccc1OC[C@@H](N)C(C)C)C(=O)O. The summed E-state index contributed by atoms with van der Waals surface area (Å²) >= 11 is 6.15. The molecule has 0 radical (unpaired) electrons. The van der Waals surface area contributed by atoms with Gasteiger partial charge in [0.25, 0.3) is 5.91 Å². The van der Waals surface area contributed by atoms with Crippen molar-refractivity contribution in [3.05, 3.63) is 64.7 Å². The van der Waals surface area contributed by atoms with E-state index in [1.807, 2.05) is 51.1 Å². The Morgan fingerprint density at radius 1 is 1.06 bits per heavy atom. The van der Waals surface area contributed by atoms with Crippen LogP contribution in [0, 0.1) is 11.8 Å². The standard InChI is InChI=1S/C27H36ClN3O5/c1-5-17(4)24(27(34)35)31-26(33)22(13-18-9-7-6-8-10-18)30-25(32)20-14-19(28)11-12-23(20)36-15-21(29)16(2)3/h6-12,14,16-17,21-22,24H,5,13,15,29H2,1-4H3,(H,30,32)(H,31,33)(H,34,35)/t17-,21+,22-,24-/m0/s1. The molecule has 2 rings (SSSR count). The summed E-state index contributed by atoms with van der Waals surface area (Å²) in [6.45, 7) is 7.74. The summed E-state index contributed by atoms with van der Waals surface area (Å²) in [5.41, 5.74) is 7.04. The molecule has 0 aliphatic rings. The Morgan fingerprint density at radius 2 is 1.72 bits per heavy atom. The van der Waals surface area contributed by atoms with Crippen molar-refractivity contribution < 1.29 is 24.2 Å². The fourth-order valence-corrected chi connectivity index (χ4v) is 3.59. The minimum atomic E-state index is -1.13. The maximum absolute atomic E-state index is 13.3. The van der Waals surface area contributed by atoms with Gasteiger partial charge in [-0.2, -0.15) is 0 Å². The molecule has 0 saturated heterocycles. The number of nitrogens with two attached hydrogens (primary N) is 1. The molecule has 4 atom stereocenters. The van der Waals surface area contributed by atoms with Crippen molar-refractivity contribution >= 4 is 29.4 Å². The molecule has 0 aliphatic carbocycles. The van der Waals surface area contributed by atoms with Gasteiger partial charge in [0.1, 0.15) is 24.4 Å². The van der Waals surface area contributed by atoms with Gasteiger partial charge < -0.3 is 26.2 Å². The number of hydrogen-bond acceptors (Lipinski definition) is 5. The van der Waals surface area contributed by atoms with Crippen molar-refractivity contribution in [1.82, 2.24) is 10.6 Å². The number of halogens is 1. The molecule has 5 N–H and O–H groups in total. The van der Waals surface area contributed by atoms with Gasteiger partial charge in [0.2, 0.25) is 5.91 Å². The van der Waals surface area contributed by atoms with Crippen LogP contribution in [-0.2, 0) is 16.0 Å². The third kappa shape index (κ3) is 8.53. The summed E-state index contributed by atoms with van der Waals surface area (Å²) in [5, 5.41) is 15.3. The lowest BCUT2D eigenvalue weighted by Crippen LogP contribution is -2.54. The molecule has 36 heavy (non-hydrogen) atoms. The van der Waals surface area contributed by atoms with E-state index < -0.39 is 29.9 Å². The molecule has 0 saturated carbocycles. The molecule has 0 fully saturated rings. The lowest BCUT2D eigenvalue weighted by molar-refractivity contribution is -0.143. The summed E-state index contributed by atoms with van der Waals surface area (Å²) in [4.78, 5) is 38.3. The summed E-state index contributed by atoms with van der Waals surface area (Å²) in [7, 11) is 0. The topological polar surface area (TPSA) is 131 Å². The highest BCUT2D eigenvalue weighted by atomic mass is 35.5. The maximum atomic E-state index is 13.3. The number of ether oxygens (including phenoxy) is 1. The number of benzene rings is 2. The number of carboxylic acids is 1. The van der Waals surface area contributed by atoms with Crippen LogP contribution in [0.25, 0.3) is 0 Å². The predicted octanol–water partition coefficient (Wildman–Crippen LogP) is 3.66. The molecule has 0 aliphatic heterocycles. The van der Waals surface area contributed by atoms with E-state index in [0.717, 1.165) is 5.56 Å². The van der Waals surface area contributed by atoms with Gasteiger partial charge in [0.15, 0.2) is 0 Å². The number of hydrogen-bond donors (Lipinski definition) is 4. The monoisotopic (exact) mass is 517 g/mol. The Hall–Kier alpha value is -3.10. The van der Waals surface area contributed by atoms with Crippen molar-refractivity contribution in [2.24, 2.45) is 17.6 Å². The quantitative estimate of drug-likeness (QED) is 0.321. The average molecular weight is 518 g/mol. The van der Waals surface area contributed by atoms with E-state index in [0.29, 0.717) is 11.4 Å². The Balaban J connectivity index is 2.31. The van der Waals surface area contributed by atoms with Crippen LogP contribution >= 0.6 is 11.6 Å². The first-order chi connectivity index (χ1) is 17.0. The van der Waals surface area contributed by atoms with Gasteiger partial charge in [-0.05, 0) is 35.6 Å². The molecule has 2 amide bonds. The largest absolute Gasteiger partial charge is 0.491 e. The second-order valence-electron chi connectivity index (χ2n) is 9.29. The Morgan fingerprint density at radius 3 is 2.31 bits per heavy atom. The molecular weight excluding hydrogens is 482 g/mol. The van der Waals surface area contributed by atoms with Gasteiger partial charge in [0.05, 0.1) is 5.56 Å². The van der Waals surface area contributed by atoms with Gasteiger partial charge in [-0.1, -0.05) is 76.0 Å². The van der Waals surface area contributed by atoms with Gasteiger partial charge in [-0.25, -0.2) is 4.79 Å². The van der Waals surface area contributed by atoms with E-state index in [4.69, 9.17) is 22.1 Å². The zero-order valence-electron chi connectivity index (χ0n) is 21.2. The van der Waals surface area contributed by atoms with Crippen LogP contribution in [0.5, 0.6) is 5.75 Å². The molecule has 0 unspecified atom stereocenters. The van der Waals surface area contributed by atoms with E-state index >= 15 is 0 Å². The number of rotatable bonds is 13. The van der Waals surface area contributed by atoms with Crippen molar-refractivity contribution in [2.75, 3.05) is 6.61 Å². The molecule has 0 aromatic heterocycles. The maximum Gasteiger partial charge on any atom is 0.326 e. The third-order valence-electron chi connectivity index (χ3n) is 6.16. The summed E-state index contributed by atoms with van der Waals surface area (Å²) < 4.78 is 5.82. The number of carbonyl (C=O) groups is 3. The molecule has 9 heteroatoms. The van der Waals surface area contributed by atoms with E-state index in [2.05, 4.69) is 10.6 Å². The predicted molar refractivity (Wildman–Crippen MR) is 140 cm³/mol. The number of nitrogens with one attached hydrogen (secondary N) is 2. The molecule has 0 bridgehead atoms. The number of carboxylic acid groups (broad SMARTS) is 1. The zero-order chi connectivity index (χ0) is 26.8. The second-order valence-corrected chi connectivity index (χ2v) is 9.72. The third-order valence-corrected chi connectivity index (χ3v) is 6.39. The normalized spacial score (nSPS) is 14.4. The fourth-order valence-electron chi connectivity index (χ4n) is 3.42. The summed E-state index contributed by atoms with van der Waals surface area (Å²) in [6, 6.07) is 11.5. The van der Waals surface area contributed by atoms with Crippen LogP contribution in [0.4, 0.5) is 0 Å². The van der Waals surface area contributed by atoms with Crippen molar-refractivity contribution in [1.29, 1.82) is 0 Å². The van der Waals surface area contributed by atoms with E-state index in [1.54, 1.807) is 19.1 Å². The average Bonchev–Trinajstić information content (AvgIpc) is 2.85. The smallest absolute Gasteiger partial charge is 0.326 e. The zero-order valence-corrected chi connectivity index (χ0v) is 21.9. The van der Waals surface area contributed by atoms with Crippen LogP contribution in [-0.4, -0.2) is 47.6 Å². The van der Waals surface area contributed by atoms with Gasteiger partial charge in [-0.3, -0.25) is 9.59 Å². The first-order valence-corrected chi connectivity index (χ1v) is 12.5. The van der Waals surface area contributed by atoms with Crippen LogP contribution < -0.4 is 21.1 Å².